The van der Waals surface area contributed by atoms with E-state index in [1.807, 2.05) is 6.92 Å². The minimum Gasteiger partial charge on any atom is -0.497 e. The van der Waals surface area contributed by atoms with Gasteiger partial charge in [-0.2, -0.15) is 0 Å². The van der Waals surface area contributed by atoms with Crippen molar-refractivity contribution in [3.8, 4) is 0 Å². The first-order chi connectivity index (χ1) is 12.8. The lowest BCUT2D eigenvalue weighted by Crippen LogP contribution is -2.46. The van der Waals surface area contributed by atoms with E-state index in [2.05, 4.69) is 21.6 Å². The number of sulfonamides is 1. The van der Waals surface area contributed by atoms with Crippen molar-refractivity contribution in [2.45, 2.75) is 60.5 Å². The van der Waals surface area contributed by atoms with Crippen LogP contribution in [-0.2, 0) is 19.5 Å². The van der Waals surface area contributed by atoms with Gasteiger partial charge >= 0.3 is 6.09 Å². The summed E-state index contributed by atoms with van der Waals surface area (Å²) in [6.45, 7) is 16.0. The second kappa shape index (κ2) is 10.9. The molecule has 0 aliphatic rings. The molecule has 0 heterocycles. The molecule has 8 nitrogen and oxygen atoms in total. The number of allylic oxidation sites excluding steroid dienone is 3. The number of nitrogens with zero attached hydrogens (tertiary/aromatic N) is 1. The molecule has 0 unspecified atom stereocenters. The summed E-state index contributed by atoms with van der Waals surface area (Å²) >= 11 is 0. The fourth-order valence-electron chi connectivity index (χ4n) is 2.02. The van der Waals surface area contributed by atoms with Crippen molar-refractivity contribution in [3.63, 3.8) is 0 Å². The molecule has 1 amide bonds. The molecule has 0 bridgehead atoms. The average Bonchev–Trinajstić information content (AvgIpc) is 2.56. The zero-order valence-corrected chi connectivity index (χ0v) is 18.9. The highest BCUT2D eigenvalue weighted by atomic mass is 32.2. The molecule has 9 heteroatoms. The molecule has 0 radical (unpaired) electrons. The molecule has 0 aromatic carbocycles. The van der Waals surface area contributed by atoms with E-state index in [0.29, 0.717) is 29.9 Å². The minimum absolute atomic E-state index is 0.0263. The van der Waals surface area contributed by atoms with Gasteiger partial charge in [0, 0.05) is 6.54 Å². The van der Waals surface area contributed by atoms with Crippen molar-refractivity contribution in [3.05, 3.63) is 34.5 Å². The van der Waals surface area contributed by atoms with E-state index >= 15 is 0 Å². The molecule has 0 aromatic rings. The number of rotatable bonds is 7. The monoisotopic (exact) mass is 415 g/mol. The number of aliphatic imine (C=N–C) groups is 1. The van der Waals surface area contributed by atoms with E-state index in [4.69, 9.17) is 9.47 Å². The van der Waals surface area contributed by atoms with Crippen LogP contribution in [0.3, 0.4) is 0 Å². The van der Waals surface area contributed by atoms with Crippen molar-refractivity contribution < 1.29 is 22.7 Å². The van der Waals surface area contributed by atoms with Gasteiger partial charge in [0.15, 0.2) is 0 Å². The lowest BCUT2D eigenvalue weighted by atomic mass is 10.1. The Morgan fingerprint density at radius 3 is 2.21 bits per heavy atom. The quantitative estimate of drug-likeness (QED) is 0.286. The smallest absolute Gasteiger partial charge is 0.414 e. The van der Waals surface area contributed by atoms with Crippen LogP contribution >= 0.6 is 0 Å². The predicted octanol–water partition coefficient (Wildman–Crippen LogP) is 3.60. The Balaban J connectivity index is 5.77. The number of nitrogens with one attached hydrogen (secondary N) is 2. The summed E-state index contributed by atoms with van der Waals surface area (Å²) < 4.78 is 38.4. The van der Waals surface area contributed by atoms with Gasteiger partial charge in [0.2, 0.25) is 5.96 Å². The molecule has 0 aromatic heterocycles. The lowest BCUT2D eigenvalue weighted by Gasteiger charge is -2.21. The number of ether oxygens (including phenoxy) is 2. The lowest BCUT2D eigenvalue weighted by molar-refractivity contribution is 0.0562. The zero-order valence-electron chi connectivity index (χ0n) is 18.1. The van der Waals surface area contributed by atoms with Gasteiger partial charge in [-0.05, 0) is 59.1 Å². The summed E-state index contributed by atoms with van der Waals surface area (Å²) in [6.07, 6.45) is 1.32. The van der Waals surface area contributed by atoms with Crippen molar-refractivity contribution >= 4 is 22.1 Å². The normalized spacial score (nSPS) is 14.1. The number of hydrogen-bond donors (Lipinski definition) is 2. The third-order valence-electron chi connectivity index (χ3n) is 3.49. The summed E-state index contributed by atoms with van der Waals surface area (Å²) in [4.78, 5) is 16.2. The van der Waals surface area contributed by atoms with Crippen LogP contribution in [0, 0.1) is 0 Å². The highest BCUT2D eigenvalue weighted by molar-refractivity contribution is 7.94. The Morgan fingerprint density at radius 2 is 1.79 bits per heavy atom. The molecule has 0 saturated heterocycles. The van der Waals surface area contributed by atoms with Crippen LogP contribution in [0.25, 0.3) is 0 Å². The van der Waals surface area contributed by atoms with Gasteiger partial charge in [-0.25, -0.2) is 17.9 Å². The van der Waals surface area contributed by atoms with Crippen molar-refractivity contribution in [2.24, 2.45) is 4.99 Å². The van der Waals surface area contributed by atoms with E-state index in [0.717, 1.165) is 0 Å². The van der Waals surface area contributed by atoms with E-state index < -0.39 is 21.7 Å². The molecule has 0 saturated carbocycles. The predicted molar refractivity (Wildman–Crippen MR) is 112 cm³/mol. The summed E-state index contributed by atoms with van der Waals surface area (Å²) in [7, 11) is -2.56. The van der Waals surface area contributed by atoms with Crippen LogP contribution < -0.4 is 10.0 Å². The van der Waals surface area contributed by atoms with Gasteiger partial charge in [-0.15, -0.1) is 0 Å². The third-order valence-corrected chi connectivity index (χ3v) is 5.08. The molecule has 0 atom stereocenters. The van der Waals surface area contributed by atoms with E-state index in [1.165, 1.54) is 13.2 Å². The Bertz CT molecular complexity index is 772. The number of amides is 1. The zero-order chi connectivity index (χ0) is 22.1. The number of guanidine groups is 1. The molecule has 28 heavy (non-hydrogen) atoms. The fourth-order valence-corrected chi connectivity index (χ4v) is 3.37. The number of hydrogen-bond acceptors (Lipinski definition) is 6. The molecule has 0 aliphatic carbocycles. The Labute approximate surface area is 168 Å². The van der Waals surface area contributed by atoms with Crippen LogP contribution in [0.5, 0.6) is 0 Å². The van der Waals surface area contributed by atoms with E-state index in [9.17, 15) is 13.2 Å². The Kier molecular flexibility index (Phi) is 10.0. The highest BCUT2D eigenvalue weighted by Crippen LogP contribution is 2.23. The third kappa shape index (κ3) is 8.60. The number of carbonyl (C=O) groups is 1. The second-order valence-electron chi connectivity index (χ2n) is 6.99. The molecule has 2 N–H and O–H groups in total. The van der Waals surface area contributed by atoms with Gasteiger partial charge in [0.25, 0.3) is 10.0 Å². The Hall–Kier alpha value is -2.29. The first-order valence-electron chi connectivity index (χ1n) is 8.93. The molecular weight excluding hydrogens is 382 g/mol. The first-order valence-corrected chi connectivity index (χ1v) is 10.4. The van der Waals surface area contributed by atoms with Crippen LogP contribution in [-0.4, -0.2) is 39.7 Å². The van der Waals surface area contributed by atoms with Crippen LogP contribution in [0.4, 0.5) is 4.79 Å². The Morgan fingerprint density at radius 1 is 1.21 bits per heavy atom. The fraction of sp³-hybridized carbons (Fsp3) is 0.579. The maximum atomic E-state index is 12.9. The molecule has 0 rings (SSSR count). The summed E-state index contributed by atoms with van der Waals surface area (Å²) in [5.74, 6) is 0.158. The standard InChI is InChI=1S/C19H33N3O5S/c1-10-12-20-17(21-18(23)27-19(6,7)8)22-28(24,25)16(11-2)14(4)13(3)15(5)26-9/h11H,5,10,12H2,1-4,6-9H3,(H2,20,21,22,23)/b14-13-,16-11-. The summed E-state index contributed by atoms with van der Waals surface area (Å²) in [5, 5.41) is 2.36. The summed E-state index contributed by atoms with van der Waals surface area (Å²) in [5.41, 5.74) is 0.326. The van der Waals surface area contributed by atoms with Gasteiger partial charge in [-0.1, -0.05) is 19.6 Å². The molecule has 160 valence electrons. The highest BCUT2D eigenvalue weighted by Gasteiger charge is 2.24. The first kappa shape index (κ1) is 25.7. The summed E-state index contributed by atoms with van der Waals surface area (Å²) in [6, 6.07) is 0. The largest absolute Gasteiger partial charge is 0.497 e. The van der Waals surface area contributed by atoms with Crippen LogP contribution in [0.15, 0.2) is 39.5 Å². The van der Waals surface area contributed by atoms with Gasteiger partial charge < -0.3 is 9.47 Å². The topological polar surface area (TPSA) is 106 Å². The molecular formula is C19H33N3O5S. The van der Waals surface area contributed by atoms with E-state index in [1.54, 1.807) is 41.5 Å². The van der Waals surface area contributed by atoms with Crippen molar-refractivity contribution in [1.29, 1.82) is 0 Å². The van der Waals surface area contributed by atoms with Crippen LogP contribution in [0.2, 0.25) is 0 Å². The number of carbonyl (C=O) groups excluding carboxylic acids is 1. The molecule has 0 aliphatic heterocycles. The number of methoxy groups -OCH3 is 1. The van der Waals surface area contributed by atoms with Gasteiger partial charge in [0.05, 0.1) is 12.0 Å². The maximum absolute atomic E-state index is 12.9. The van der Waals surface area contributed by atoms with Crippen molar-refractivity contribution in [2.75, 3.05) is 13.7 Å². The number of alkyl carbamates (subject to hydrolysis) is 1. The van der Waals surface area contributed by atoms with Crippen molar-refractivity contribution in [1.82, 2.24) is 10.0 Å². The minimum atomic E-state index is -4.02. The van der Waals surface area contributed by atoms with Crippen LogP contribution in [0.1, 0.15) is 54.9 Å². The maximum Gasteiger partial charge on any atom is 0.414 e. The van der Waals surface area contributed by atoms with Gasteiger partial charge in [-0.3, -0.25) is 10.3 Å². The molecule has 0 spiro atoms. The average molecular weight is 416 g/mol. The van der Waals surface area contributed by atoms with E-state index in [-0.39, 0.29) is 10.9 Å². The second-order valence-corrected chi connectivity index (χ2v) is 8.64. The SMILES string of the molecule is C=C(OC)/C(C)=C(C)\C(=C\C)S(=O)(=O)NC(=NCCC)NC(=O)OC(C)(C)C. The molecule has 0 fully saturated rings. The van der Waals surface area contributed by atoms with Gasteiger partial charge in [0.1, 0.15) is 11.4 Å².